The number of allylic oxidation sites excluding steroid dienone is 1. The van der Waals surface area contributed by atoms with Crippen molar-refractivity contribution in [1.29, 1.82) is 0 Å². The average Bonchev–Trinajstić information content (AvgIpc) is 2.44. The van der Waals surface area contributed by atoms with E-state index in [0.717, 1.165) is 19.1 Å². The Morgan fingerprint density at radius 3 is 2.60 bits per heavy atom. The molecule has 0 radical (unpaired) electrons. The Bertz CT molecular complexity index is 350. The molecule has 0 bridgehead atoms. The predicted molar refractivity (Wildman–Crippen MR) is 79.5 cm³/mol. The summed E-state index contributed by atoms with van der Waals surface area (Å²) in [6, 6.07) is 0. The summed E-state index contributed by atoms with van der Waals surface area (Å²) in [5.41, 5.74) is 0. The zero-order chi connectivity index (χ0) is 14.7. The molecule has 3 heteroatoms. The Labute approximate surface area is 122 Å². The first-order valence-electron chi connectivity index (χ1n) is 7.95. The molecule has 2 aliphatic heterocycles. The van der Waals surface area contributed by atoms with E-state index in [1.165, 1.54) is 0 Å². The third kappa shape index (κ3) is 3.15. The van der Waals surface area contributed by atoms with Crippen molar-refractivity contribution in [3.63, 3.8) is 0 Å². The molecular formula is C17H28O3. The Morgan fingerprint density at radius 1 is 1.20 bits per heavy atom. The van der Waals surface area contributed by atoms with E-state index in [1.54, 1.807) is 0 Å². The van der Waals surface area contributed by atoms with Gasteiger partial charge >= 0.3 is 0 Å². The van der Waals surface area contributed by atoms with Gasteiger partial charge in [-0.2, -0.15) is 0 Å². The normalized spacial score (nSPS) is 43.2. The molecule has 0 saturated carbocycles. The van der Waals surface area contributed by atoms with Crippen LogP contribution in [0.4, 0.5) is 0 Å². The van der Waals surface area contributed by atoms with Crippen LogP contribution in [0, 0.1) is 17.8 Å². The average molecular weight is 280 g/mol. The maximum Gasteiger partial charge on any atom is 0.122 e. The van der Waals surface area contributed by atoms with Crippen LogP contribution in [0.5, 0.6) is 0 Å². The molecule has 114 valence electrons. The van der Waals surface area contributed by atoms with Crippen LogP contribution in [-0.2, 0) is 14.3 Å². The van der Waals surface area contributed by atoms with Gasteiger partial charge in [0.15, 0.2) is 0 Å². The van der Waals surface area contributed by atoms with Crippen molar-refractivity contribution in [3.8, 4) is 0 Å². The highest BCUT2D eigenvalue weighted by Crippen LogP contribution is 2.40. The molecule has 0 aromatic heterocycles. The van der Waals surface area contributed by atoms with Gasteiger partial charge in [-0.25, -0.2) is 0 Å². The van der Waals surface area contributed by atoms with Crippen LogP contribution in [0.2, 0.25) is 0 Å². The fraction of sp³-hybridized carbons (Fsp3) is 0.824. The van der Waals surface area contributed by atoms with Gasteiger partial charge in [-0.3, -0.25) is 0 Å². The van der Waals surface area contributed by atoms with E-state index < -0.39 is 0 Å². The summed E-state index contributed by atoms with van der Waals surface area (Å²) >= 11 is 0. The maximum absolute atomic E-state index is 10.7. The molecule has 0 aliphatic carbocycles. The Hall–Kier alpha value is -0.670. The molecule has 2 saturated heterocycles. The van der Waals surface area contributed by atoms with Gasteiger partial charge in [-0.15, -0.1) is 0 Å². The van der Waals surface area contributed by atoms with Crippen molar-refractivity contribution in [2.75, 3.05) is 0 Å². The zero-order valence-corrected chi connectivity index (χ0v) is 13.1. The van der Waals surface area contributed by atoms with Gasteiger partial charge in [0, 0.05) is 12.3 Å². The van der Waals surface area contributed by atoms with E-state index in [-0.39, 0.29) is 24.4 Å². The van der Waals surface area contributed by atoms with Gasteiger partial charge < -0.3 is 14.3 Å². The van der Waals surface area contributed by atoms with E-state index >= 15 is 0 Å². The SMILES string of the molecule is C/C=C/[C@H](C)[C@@H]1O[C@H]2CC[C@H](CC=O)O[C@@H]2[C@H](C)[C@@H]1C. The first kappa shape index (κ1) is 15.7. The van der Waals surface area contributed by atoms with E-state index in [0.29, 0.717) is 24.2 Å². The summed E-state index contributed by atoms with van der Waals surface area (Å²) < 4.78 is 12.5. The molecule has 2 heterocycles. The molecule has 2 rings (SSSR count). The summed E-state index contributed by atoms with van der Waals surface area (Å²) in [6.45, 7) is 8.82. The topological polar surface area (TPSA) is 35.5 Å². The summed E-state index contributed by atoms with van der Waals surface area (Å²) in [5.74, 6) is 1.38. The number of hydrogen-bond donors (Lipinski definition) is 0. The van der Waals surface area contributed by atoms with E-state index in [2.05, 4.69) is 39.8 Å². The van der Waals surface area contributed by atoms with Crippen molar-refractivity contribution in [2.24, 2.45) is 17.8 Å². The third-order valence-electron chi connectivity index (χ3n) is 5.06. The van der Waals surface area contributed by atoms with Crippen LogP contribution in [0.15, 0.2) is 12.2 Å². The first-order chi connectivity index (χ1) is 9.58. The maximum atomic E-state index is 10.7. The number of aldehydes is 1. The molecular weight excluding hydrogens is 252 g/mol. The summed E-state index contributed by atoms with van der Waals surface area (Å²) in [6.07, 6.45) is 8.49. The minimum atomic E-state index is 0.0940. The summed E-state index contributed by atoms with van der Waals surface area (Å²) in [7, 11) is 0. The highest BCUT2D eigenvalue weighted by molar-refractivity contribution is 5.50. The number of carbonyl (C=O) groups excluding carboxylic acids is 1. The van der Waals surface area contributed by atoms with Crippen molar-refractivity contribution in [3.05, 3.63) is 12.2 Å². The van der Waals surface area contributed by atoms with E-state index in [1.807, 2.05) is 0 Å². The van der Waals surface area contributed by atoms with Crippen LogP contribution in [0.3, 0.4) is 0 Å². The van der Waals surface area contributed by atoms with Crippen molar-refractivity contribution < 1.29 is 14.3 Å². The Kier molecular flexibility index (Phi) is 5.39. The zero-order valence-electron chi connectivity index (χ0n) is 13.1. The Balaban J connectivity index is 2.06. The van der Waals surface area contributed by atoms with Gasteiger partial charge in [0.2, 0.25) is 0 Å². The lowest BCUT2D eigenvalue weighted by Crippen LogP contribution is -2.55. The molecule has 0 N–H and O–H groups in total. The molecule has 2 fully saturated rings. The van der Waals surface area contributed by atoms with Gasteiger partial charge in [-0.05, 0) is 31.6 Å². The number of rotatable bonds is 4. The van der Waals surface area contributed by atoms with Crippen LogP contribution in [0.1, 0.15) is 47.0 Å². The smallest absolute Gasteiger partial charge is 0.122 e. The van der Waals surface area contributed by atoms with Crippen LogP contribution >= 0.6 is 0 Å². The van der Waals surface area contributed by atoms with E-state index in [9.17, 15) is 4.79 Å². The summed E-state index contributed by atoms with van der Waals surface area (Å²) in [5, 5.41) is 0. The van der Waals surface area contributed by atoms with Gasteiger partial charge in [0.1, 0.15) is 6.29 Å². The minimum absolute atomic E-state index is 0.0940. The van der Waals surface area contributed by atoms with Gasteiger partial charge in [0.05, 0.1) is 24.4 Å². The number of carbonyl (C=O) groups is 1. The lowest BCUT2D eigenvalue weighted by molar-refractivity contribution is -0.231. The lowest BCUT2D eigenvalue weighted by atomic mass is 9.75. The van der Waals surface area contributed by atoms with Crippen molar-refractivity contribution >= 4 is 6.29 Å². The lowest BCUT2D eigenvalue weighted by Gasteiger charge is -2.49. The third-order valence-corrected chi connectivity index (χ3v) is 5.06. The number of fused-ring (bicyclic) bond motifs is 1. The highest BCUT2D eigenvalue weighted by atomic mass is 16.6. The number of ether oxygens (including phenoxy) is 2. The van der Waals surface area contributed by atoms with Crippen molar-refractivity contribution in [1.82, 2.24) is 0 Å². The van der Waals surface area contributed by atoms with Gasteiger partial charge in [0.25, 0.3) is 0 Å². The fourth-order valence-corrected chi connectivity index (χ4v) is 3.72. The predicted octanol–water partition coefficient (Wildman–Crippen LogP) is 3.37. The largest absolute Gasteiger partial charge is 0.372 e. The van der Waals surface area contributed by atoms with Gasteiger partial charge in [-0.1, -0.05) is 32.9 Å². The highest BCUT2D eigenvalue weighted by Gasteiger charge is 2.45. The molecule has 0 aromatic rings. The molecule has 20 heavy (non-hydrogen) atoms. The Morgan fingerprint density at radius 2 is 1.95 bits per heavy atom. The minimum Gasteiger partial charge on any atom is -0.372 e. The van der Waals surface area contributed by atoms with Crippen LogP contribution < -0.4 is 0 Å². The second-order valence-electron chi connectivity index (χ2n) is 6.44. The second-order valence-corrected chi connectivity index (χ2v) is 6.44. The first-order valence-corrected chi connectivity index (χ1v) is 7.95. The molecule has 0 amide bonds. The monoisotopic (exact) mass is 280 g/mol. The van der Waals surface area contributed by atoms with Crippen LogP contribution in [0.25, 0.3) is 0 Å². The fourth-order valence-electron chi connectivity index (χ4n) is 3.72. The molecule has 0 spiro atoms. The van der Waals surface area contributed by atoms with E-state index in [4.69, 9.17) is 9.47 Å². The molecule has 3 nitrogen and oxygen atoms in total. The molecule has 7 atom stereocenters. The number of hydrogen-bond acceptors (Lipinski definition) is 3. The quantitative estimate of drug-likeness (QED) is 0.585. The standard InChI is InChI=1S/C17H28O3/c1-5-6-11(2)16-12(3)13(4)17-15(20-16)8-7-14(19-17)9-10-18/h5-6,10-17H,7-9H2,1-4H3/b6-5+/t11-,12-,13+,14+,15-,16-,17+/m0/s1. The molecule has 2 aliphatic rings. The molecule has 0 aromatic carbocycles. The van der Waals surface area contributed by atoms with Crippen LogP contribution in [-0.4, -0.2) is 30.7 Å². The van der Waals surface area contributed by atoms with Crippen molar-refractivity contribution in [2.45, 2.75) is 71.4 Å². The second kappa shape index (κ2) is 6.86. The molecule has 0 unspecified atom stereocenters. The summed E-state index contributed by atoms with van der Waals surface area (Å²) in [4.78, 5) is 10.7.